The predicted molar refractivity (Wildman–Crippen MR) is 74.0 cm³/mol. The molecule has 1 unspecified atom stereocenters. The van der Waals surface area contributed by atoms with Gasteiger partial charge in [-0.1, -0.05) is 6.07 Å². The lowest BCUT2D eigenvalue weighted by atomic mass is 10.3. The first kappa shape index (κ1) is 13.2. The van der Waals surface area contributed by atoms with Crippen molar-refractivity contribution in [3.05, 3.63) is 28.6 Å². The van der Waals surface area contributed by atoms with Crippen LogP contribution in [0.15, 0.2) is 22.9 Å². The van der Waals surface area contributed by atoms with Crippen LogP contribution in [0.25, 0.3) is 9.88 Å². The topological polar surface area (TPSA) is 53.4 Å². The SMILES string of the molecule is CC(C(=O)O)N(C)Cc1csc(-c2cccs2)n1. The average Bonchev–Trinajstić information content (AvgIpc) is 2.96. The molecule has 0 saturated heterocycles. The fourth-order valence-electron chi connectivity index (χ4n) is 1.47. The number of aliphatic carboxylic acids is 1. The van der Waals surface area contributed by atoms with E-state index in [-0.39, 0.29) is 0 Å². The monoisotopic (exact) mass is 282 g/mol. The quantitative estimate of drug-likeness (QED) is 0.916. The number of carboxylic acid groups (broad SMARTS) is 1. The Bertz CT molecular complexity index is 522. The molecule has 0 fully saturated rings. The van der Waals surface area contributed by atoms with E-state index in [2.05, 4.69) is 4.98 Å². The average molecular weight is 282 g/mol. The van der Waals surface area contributed by atoms with Gasteiger partial charge in [-0.05, 0) is 25.4 Å². The first-order chi connectivity index (χ1) is 8.58. The number of carboxylic acids is 1. The molecule has 0 aromatic carbocycles. The number of thiophene rings is 1. The van der Waals surface area contributed by atoms with Crippen LogP contribution in [-0.4, -0.2) is 34.0 Å². The maximum absolute atomic E-state index is 10.9. The van der Waals surface area contributed by atoms with Gasteiger partial charge in [0.05, 0.1) is 10.6 Å². The fourth-order valence-corrected chi connectivity index (χ4v) is 3.10. The third-order valence-electron chi connectivity index (χ3n) is 2.71. The van der Waals surface area contributed by atoms with Gasteiger partial charge in [-0.25, -0.2) is 4.98 Å². The Labute approximate surface area is 114 Å². The predicted octanol–water partition coefficient (Wildman–Crippen LogP) is 2.78. The summed E-state index contributed by atoms with van der Waals surface area (Å²) in [5.74, 6) is -0.814. The van der Waals surface area contributed by atoms with Gasteiger partial charge in [0.2, 0.25) is 0 Å². The zero-order chi connectivity index (χ0) is 13.1. The van der Waals surface area contributed by atoms with E-state index in [0.29, 0.717) is 6.54 Å². The molecule has 2 rings (SSSR count). The maximum atomic E-state index is 10.9. The van der Waals surface area contributed by atoms with Crippen LogP contribution >= 0.6 is 22.7 Å². The Morgan fingerprint density at radius 3 is 2.94 bits per heavy atom. The minimum absolute atomic E-state index is 0.503. The van der Waals surface area contributed by atoms with E-state index in [0.717, 1.165) is 15.6 Å². The molecule has 0 amide bonds. The summed E-state index contributed by atoms with van der Waals surface area (Å²) in [7, 11) is 1.79. The van der Waals surface area contributed by atoms with Gasteiger partial charge in [0.1, 0.15) is 11.0 Å². The van der Waals surface area contributed by atoms with Crippen molar-refractivity contribution in [1.29, 1.82) is 0 Å². The highest BCUT2D eigenvalue weighted by atomic mass is 32.1. The number of nitrogens with zero attached hydrogens (tertiary/aromatic N) is 2. The minimum Gasteiger partial charge on any atom is -0.480 e. The van der Waals surface area contributed by atoms with Crippen molar-refractivity contribution < 1.29 is 9.90 Å². The summed E-state index contributed by atoms with van der Waals surface area (Å²) in [5.41, 5.74) is 0.916. The molecule has 0 radical (unpaired) electrons. The van der Waals surface area contributed by atoms with E-state index in [4.69, 9.17) is 5.11 Å². The lowest BCUT2D eigenvalue weighted by Gasteiger charge is -2.19. The molecular formula is C12H14N2O2S2. The van der Waals surface area contributed by atoms with Crippen molar-refractivity contribution in [2.75, 3.05) is 7.05 Å². The maximum Gasteiger partial charge on any atom is 0.320 e. The smallest absolute Gasteiger partial charge is 0.320 e. The van der Waals surface area contributed by atoms with Crippen LogP contribution in [0.2, 0.25) is 0 Å². The molecule has 0 aliphatic heterocycles. The molecule has 96 valence electrons. The molecule has 0 bridgehead atoms. The van der Waals surface area contributed by atoms with Gasteiger partial charge in [0.25, 0.3) is 0 Å². The van der Waals surface area contributed by atoms with E-state index in [1.807, 2.05) is 22.9 Å². The largest absolute Gasteiger partial charge is 0.480 e. The van der Waals surface area contributed by atoms with Gasteiger partial charge in [0, 0.05) is 11.9 Å². The zero-order valence-corrected chi connectivity index (χ0v) is 11.8. The summed E-state index contributed by atoms with van der Waals surface area (Å²) in [6, 6.07) is 3.54. The first-order valence-electron chi connectivity index (χ1n) is 5.49. The summed E-state index contributed by atoms with van der Waals surface area (Å²) in [5, 5.41) is 13.9. The molecule has 2 aromatic rings. The summed E-state index contributed by atoms with van der Waals surface area (Å²) in [6.07, 6.45) is 0. The zero-order valence-electron chi connectivity index (χ0n) is 10.2. The number of thiazole rings is 1. The van der Waals surface area contributed by atoms with Crippen LogP contribution in [0, 0.1) is 0 Å². The number of hydrogen-bond acceptors (Lipinski definition) is 5. The normalized spacial score (nSPS) is 12.8. The molecule has 1 N–H and O–H groups in total. The molecular weight excluding hydrogens is 268 g/mol. The molecule has 4 nitrogen and oxygen atoms in total. The van der Waals surface area contributed by atoms with Crippen molar-refractivity contribution in [1.82, 2.24) is 9.88 Å². The summed E-state index contributed by atoms with van der Waals surface area (Å²) >= 11 is 3.25. The van der Waals surface area contributed by atoms with Crippen LogP contribution in [0.5, 0.6) is 0 Å². The third kappa shape index (κ3) is 2.95. The Hall–Kier alpha value is -1.24. The highest BCUT2D eigenvalue weighted by molar-refractivity contribution is 7.20. The second kappa shape index (κ2) is 5.60. The molecule has 1 atom stereocenters. The molecule has 2 heterocycles. The number of hydrogen-bond donors (Lipinski definition) is 1. The number of carbonyl (C=O) groups is 1. The fraction of sp³-hybridized carbons (Fsp3) is 0.333. The van der Waals surface area contributed by atoms with Crippen LogP contribution < -0.4 is 0 Å². The summed E-state index contributed by atoms with van der Waals surface area (Å²) in [6.45, 7) is 2.23. The van der Waals surface area contributed by atoms with Gasteiger partial charge >= 0.3 is 5.97 Å². The van der Waals surface area contributed by atoms with E-state index in [1.165, 1.54) is 0 Å². The molecule has 0 spiro atoms. The van der Waals surface area contributed by atoms with Crippen molar-refractivity contribution in [2.45, 2.75) is 19.5 Å². The number of likely N-dealkylation sites (N-methyl/N-ethyl adjacent to an activating group) is 1. The van der Waals surface area contributed by atoms with E-state index in [9.17, 15) is 4.79 Å². The molecule has 0 aliphatic rings. The van der Waals surface area contributed by atoms with Crippen molar-refractivity contribution in [3.63, 3.8) is 0 Å². The highest BCUT2D eigenvalue weighted by Gasteiger charge is 2.17. The molecule has 18 heavy (non-hydrogen) atoms. The second-order valence-electron chi connectivity index (χ2n) is 4.05. The number of rotatable bonds is 5. The first-order valence-corrected chi connectivity index (χ1v) is 7.25. The molecule has 0 saturated carbocycles. The Morgan fingerprint density at radius 2 is 2.33 bits per heavy atom. The lowest BCUT2D eigenvalue weighted by Crippen LogP contribution is -2.35. The highest BCUT2D eigenvalue weighted by Crippen LogP contribution is 2.28. The number of aromatic nitrogens is 1. The van der Waals surface area contributed by atoms with Crippen LogP contribution in [0.3, 0.4) is 0 Å². The van der Waals surface area contributed by atoms with Crippen LogP contribution in [-0.2, 0) is 11.3 Å². The van der Waals surface area contributed by atoms with E-state index in [1.54, 1.807) is 41.5 Å². The summed E-state index contributed by atoms with van der Waals surface area (Å²) < 4.78 is 0. The molecule has 0 aliphatic carbocycles. The van der Waals surface area contributed by atoms with Gasteiger partial charge in [-0.3, -0.25) is 9.69 Å². The van der Waals surface area contributed by atoms with Crippen LogP contribution in [0.4, 0.5) is 0 Å². The van der Waals surface area contributed by atoms with Gasteiger partial charge < -0.3 is 5.11 Å². The van der Waals surface area contributed by atoms with E-state index >= 15 is 0 Å². The molecule has 2 aromatic heterocycles. The Kier molecular flexibility index (Phi) is 4.11. The lowest BCUT2D eigenvalue weighted by molar-refractivity contribution is -0.142. The molecule has 6 heteroatoms. The summed E-state index contributed by atoms with van der Waals surface area (Å²) in [4.78, 5) is 18.3. The standard InChI is InChI=1S/C12H14N2O2S2/c1-8(12(15)16)14(2)6-9-7-18-11(13-9)10-4-3-5-17-10/h3-5,7-8H,6H2,1-2H3,(H,15,16). The third-order valence-corrected chi connectivity index (χ3v) is 4.64. The van der Waals surface area contributed by atoms with Gasteiger partial charge in [-0.15, -0.1) is 22.7 Å². The van der Waals surface area contributed by atoms with Crippen molar-refractivity contribution in [2.24, 2.45) is 0 Å². The van der Waals surface area contributed by atoms with Gasteiger partial charge in [0.15, 0.2) is 0 Å². The minimum atomic E-state index is -0.814. The Balaban J connectivity index is 2.05. The second-order valence-corrected chi connectivity index (χ2v) is 5.86. The van der Waals surface area contributed by atoms with E-state index < -0.39 is 12.0 Å². The van der Waals surface area contributed by atoms with Crippen LogP contribution in [0.1, 0.15) is 12.6 Å². The Morgan fingerprint density at radius 1 is 1.56 bits per heavy atom. The van der Waals surface area contributed by atoms with Gasteiger partial charge in [-0.2, -0.15) is 0 Å². The van der Waals surface area contributed by atoms with Crippen molar-refractivity contribution in [3.8, 4) is 9.88 Å². The van der Waals surface area contributed by atoms with Crippen molar-refractivity contribution >= 4 is 28.6 Å².